The van der Waals surface area contributed by atoms with Crippen LogP contribution in [0.2, 0.25) is 0 Å². The van der Waals surface area contributed by atoms with Crippen LogP contribution in [0.4, 0.5) is 0 Å². The number of allylic oxidation sites excluding steroid dienone is 4. The molecule has 0 amide bonds. The van der Waals surface area contributed by atoms with Gasteiger partial charge in [-0.05, 0) is 38.2 Å². The average Bonchev–Trinajstić information content (AvgIpc) is 3.01. The number of aliphatic hydroxyl groups excluding tert-OH is 1. The first-order valence-electron chi connectivity index (χ1n) is 18.3. The Morgan fingerprint density at radius 2 is 0.909 bits per heavy atom. The molecule has 1 atom stereocenters. The summed E-state index contributed by atoms with van der Waals surface area (Å²) < 4.78 is 10.3. The van der Waals surface area contributed by atoms with E-state index in [2.05, 4.69) is 19.9 Å². The normalized spacial score (nSPS) is 12.2. The first kappa shape index (κ1) is 42.0. The minimum atomic E-state index is -0.985. The topological polar surface area (TPSA) is 89.9 Å². The molecule has 0 aliphatic heterocycles. The fraction of sp³-hybridized carbons (Fsp3) is 0.816. The smallest absolute Gasteiger partial charge is 0.305 e. The average molecular weight is 621 g/mol. The van der Waals surface area contributed by atoms with Crippen LogP contribution in [0.25, 0.3) is 0 Å². The number of carbonyl (C=O) groups excluding carboxylic acids is 3. The lowest BCUT2D eigenvalue weighted by Gasteiger charge is -2.12. The van der Waals surface area contributed by atoms with E-state index in [9.17, 15) is 19.5 Å². The second-order valence-electron chi connectivity index (χ2n) is 12.4. The van der Waals surface area contributed by atoms with Gasteiger partial charge in [-0.2, -0.15) is 0 Å². The molecule has 0 rings (SSSR count). The molecular formula is C38H68O6. The van der Waals surface area contributed by atoms with Crippen LogP contribution in [-0.2, 0) is 23.9 Å². The van der Waals surface area contributed by atoms with Crippen LogP contribution in [0.1, 0.15) is 181 Å². The molecule has 44 heavy (non-hydrogen) atoms. The summed E-state index contributed by atoms with van der Waals surface area (Å²) in [6, 6.07) is 0. The number of hydrogen-bond acceptors (Lipinski definition) is 6. The Labute approximate surface area is 270 Å². The third kappa shape index (κ3) is 33.0. The van der Waals surface area contributed by atoms with Crippen LogP contribution in [0.3, 0.4) is 0 Å². The third-order valence-electron chi connectivity index (χ3n) is 7.92. The van der Waals surface area contributed by atoms with Crippen LogP contribution in [0.15, 0.2) is 24.3 Å². The van der Waals surface area contributed by atoms with Crippen molar-refractivity contribution in [1.82, 2.24) is 0 Å². The predicted molar refractivity (Wildman–Crippen MR) is 183 cm³/mol. The summed E-state index contributed by atoms with van der Waals surface area (Å²) in [5.74, 6) is -0.420. The van der Waals surface area contributed by atoms with Crippen molar-refractivity contribution in [3.63, 3.8) is 0 Å². The van der Waals surface area contributed by atoms with Crippen molar-refractivity contribution in [2.24, 2.45) is 0 Å². The summed E-state index contributed by atoms with van der Waals surface area (Å²) in [6.45, 7) is 4.12. The Kier molecular flexibility index (Phi) is 32.4. The Bertz CT molecular complexity index is 729. The van der Waals surface area contributed by atoms with Gasteiger partial charge in [-0.25, -0.2) is 0 Å². The van der Waals surface area contributed by atoms with Crippen molar-refractivity contribution in [1.29, 1.82) is 0 Å². The highest BCUT2D eigenvalue weighted by Crippen LogP contribution is 2.14. The first-order valence-corrected chi connectivity index (χ1v) is 18.3. The summed E-state index contributed by atoms with van der Waals surface area (Å²) in [7, 11) is 0. The zero-order chi connectivity index (χ0) is 32.4. The number of rotatable bonds is 33. The molecule has 0 bridgehead atoms. The van der Waals surface area contributed by atoms with Crippen LogP contribution in [0.5, 0.6) is 0 Å². The Balaban J connectivity index is 3.50. The van der Waals surface area contributed by atoms with Gasteiger partial charge in [0.25, 0.3) is 0 Å². The van der Waals surface area contributed by atoms with E-state index in [1.807, 2.05) is 12.2 Å². The highest BCUT2D eigenvalue weighted by Gasteiger charge is 2.12. The largest absolute Gasteiger partial charge is 0.463 e. The molecule has 0 aromatic carbocycles. The molecule has 256 valence electrons. The summed E-state index contributed by atoms with van der Waals surface area (Å²) in [6.07, 6.45) is 34.9. The molecule has 0 fully saturated rings. The Morgan fingerprint density at radius 3 is 1.39 bits per heavy atom. The SMILES string of the molecule is CCCCCCCCCCCCCCCCC(=O)OC[C@@H](O)COC(=O)CCCCCCC/C=C\C=C\C(=O)CCCCC. The maximum Gasteiger partial charge on any atom is 0.305 e. The maximum absolute atomic E-state index is 11.9. The highest BCUT2D eigenvalue weighted by atomic mass is 16.6. The van der Waals surface area contributed by atoms with Gasteiger partial charge in [-0.3, -0.25) is 14.4 Å². The van der Waals surface area contributed by atoms with E-state index < -0.39 is 6.10 Å². The molecule has 0 heterocycles. The fourth-order valence-electron chi connectivity index (χ4n) is 5.07. The fourth-order valence-corrected chi connectivity index (χ4v) is 5.07. The molecule has 0 radical (unpaired) electrons. The van der Waals surface area contributed by atoms with Crippen LogP contribution in [0, 0.1) is 0 Å². The van der Waals surface area contributed by atoms with Gasteiger partial charge in [0.1, 0.15) is 19.3 Å². The lowest BCUT2D eigenvalue weighted by atomic mass is 10.0. The minimum Gasteiger partial charge on any atom is -0.463 e. The molecular weight excluding hydrogens is 552 g/mol. The first-order chi connectivity index (χ1) is 21.5. The van der Waals surface area contributed by atoms with Gasteiger partial charge in [0.15, 0.2) is 5.78 Å². The number of aliphatic hydroxyl groups is 1. The maximum atomic E-state index is 11.9. The van der Waals surface area contributed by atoms with Crippen molar-refractivity contribution >= 4 is 17.7 Å². The number of unbranched alkanes of at least 4 members (excludes halogenated alkanes) is 20. The van der Waals surface area contributed by atoms with E-state index in [1.165, 1.54) is 70.6 Å². The molecule has 0 aliphatic rings. The highest BCUT2D eigenvalue weighted by molar-refractivity contribution is 5.89. The molecule has 0 unspecified atom stereocenters. The van der Waals surface area contributed by atoms with E-state index in [4.69, 9.17) is 9.47 Å². The molecule has 1 N–H and O–H groups in total. The predicted octanol–water partition coefficient (Wildman–Crippen LogP) is 10.3. The zero-order valence-electron chi connectivity index (χ0n) is 28.7. The monoisotopic (exact) mass is 621 g/mol. The number of ether oxygens (including phenoxy) is 2. The third-order valence-corrected chi connectivity index (χ3v) is 7.92. The van der Waals surface area contributed by atoms with Gasteiger partial charge in [0.2, 0.25) is 0 Å². The quantitative estimate of drug-likeness (QED) is 0.0340. The van der Waals surface area contributed by atoms with Crippen LogP contribution in [-0.4, -0.2) is 42.1 Å². The van der Waals surface area contributed by atoms with Gasteiger partial charge in [0, 0.05) is 19.3 Å². The lowest BCUT2D eigenvalue weighted by molar-refractivity contribution is -0.152. The van der Waals surface area contributed by atoms with Gasteiger partial charge in [-0.15, -0.1) is 0 Å². The van der Waals surface area contributed by atoms with E-state index in [0.717, 1.165) is 77.0 Å². The molecule has 0 spiro atoms. The van der Waals surface area contributed by atoms with Crippen molar-refractivity contribution < 1.29 is 29.0 Å². The Morgan fingerprint density at radius 1 is 0.523 bits per heavy atom. The molecule has 0 aromatic rings. The standard InChI is InChI=1S/C38H68O6/c1-3-5-7-8-9-10-11-12-13-14-17-20-23-27-31-37(41)43-33-36(40)34-44-38(42)32-28-24-21-18-15-16-19-22-26-30-35(39)29-25-6-4-2/h19,22,26,30,36,40H,3-18,20-21,23-25,27-29,31-34H2,1-2H3/b22-19-,30-26+/t36-/m1/s1. The van der Waals surface area contributed by atoms with E-state index in [1.54, 1.807) is 6.08 Å². The number of carbonyl (C=O) groups is 3. The number of esters is 2. The summed E-state index contributed by atoms with van der Waals surface area (Å²) in [5.41, 5.74) is 0. The van der Waals surface area contributed by atoms with Crippen molar-refractivity contribution in [2.75, 3.05) is 13.2 Å². The number of ketones is 1. The van der Waals surface area contributed by atoms with Crippen molar-refractivity contribution in [3.8, 4) is 0 Å². The molecule has 0 aromatic heterocycles. The van der Waals surface area contributed by atoms with Gasteiger partial charge in [-0.1, -0.05) is 148 Å². The zero-order valence-corrected chi connectivity index (χ0v) is 28.7. The van der Waals surface area contributed by atoms with Gasteiger partial charge in [0.05, 0.1) is 0 Å². The Hall–Kier alpha value is -1.95. The van der Waals surface area contributed by atoms with Crippen molar-refractivity contribution in [3.05, 3.63) is 24.3 Å². The molecule has 0 saturated heterocycles. The van der Waals surface area contributed by atoms with Crippen LogP contribution < -0.4 is 0 Å². The summed E-state index contributed by atoms with van der Waals surface area (Å²) in [5, 5.41) is 9.98. The second-order valence-corrected chi connectivity index (χ2v) is 12.4. The molecule has 0 saturated carbocycles. The van der Waals surface area contributed by atoms with Gasteiger partial charge >= 0.3 is 11.9 Å². The van der Waals surface area contributed by atoms with E-state index in [0.29, 0.717) is 19.3 Å². The number of hydrogen-bond donors (Lipinski definition) is 1. The molecule has 6 heteroatoms. The summed E-state index contributed by atoms with van der Waals surface area (Å²) >= 11 is 0. The van der Waals surface area contributed by atoms with Gasteiger partial charge < -0.3 is 14.6 Å². The van der Waals surface area contributed by atoms with E-state index in [-0.39, 0.29) is 30.9 Å². The molecule has 0 aliphatic carbocycles. The minimum absolute atomic E-state index is 0.135. The van der Waals surface area contributed by atoms with Crippen LogP contribution >= 0.6 is 0 Å². The summed E-state index contributed by atoms with van der Waals surface area (Å²) in [4.78, 5) is 35.5. The second kappa shape index (κ2) is 33.9. The molecule has 6 nitrogen and oxygen atoms in total. The lowest BCUT2D eigenvalue weighted by Crippen LogP contribution is -2.25. The van der Waals surface area contributed by atoms with E-state index >= 15 is 0 Å². The van der Waals surface area contributed by atoms with Crippen molar-refractivity contribution in [2.45, 2.75) is 187 Å².